The van der Waals surface area contributed by atoms with Crippen LogP contribution in [0.5, 0.6) is 5.75 Å². The molecule has 0 unspecified atom stereocenters. The number of para-hydroxylation sites is 1. The van der Waals surface area contributed by atoms with Crippen LogP contribution in [0.4, 0.5) is 5.69 Å². The molecule has 0 spiro atoms. The molecule has 156 valence electrons. The van der Waals surface area contributed by atoms with Crippen molar-refractivity contribution in [1.29, 1.82) is 0 Å². The van der Waals surface area contributed by atoms with Crippen molar-refractivity contribution in [3.05, 3.63) is 65.2 Å². The molecular formula is C24H25NO5. The summed E-state index contributed by atoms with van der Waals surface area (Å²) in [5.74, 6) is -0.320. The first-order chi connectivity index (χ1) is 14.1. The highest BCUT2D eigenvalue weighted by atomic mass is 16.5. The van der Waals surface area contributed by atoms with Crippen LogP contribution in [0.1, 0.15) is 43.6 Å². The molecule has 0 saturated carbocycles. The topological polar surface area (TPSA) is 81.7 Å². The first-order valence-electron chi connectivity index (χ1n) is 9.74. The Hall–Kier alpha value is -3.41. The number of ketones is 1. The number of hydrogen-bond donors (Lipinski definition) is 1. The minimum absolute atomic E-state index is 0.0962. The molecule has 2 aromatic rings. The van der Waals surface area contributed by atoms with Gasteiger partial charge in [0.25, 0.3) is 0 Å². The van der Waals surface area contributed by atoms with E-state index in [4.69, 9.17) is 9.47 Å². The zero-order valence-corrected chi connectivity index (χ0v) is 17.5. The average molecular weight is 407 g/mol. The smallest absolute Gasteiger partial charge is 0.338 e. The predicted octanol–water partition coefficient (Wildman–Crippen LogP) is 4.26. The van der Waals surface area contributed by atoms with E-state index in [1.165, 1.54) is 6.92 Å². The second kappa shape index (κ2) is 8.53. The number of anilines is 1. The number of esters is 1. The Balaban J connectivity index is 1.62. The Morgan fingerprint density at radius 3 is 2.37 bits per heavy atom. The van der Waals surface area contributed by atoms with Gasteiger partial charge in [-0.2, -0.15) is 0 Å². The minimum atomic E-state index is -0.953. The van der Waals surface area contributed by atoms with Crippen LogP contribution in [0.2, 0.25) is 0 Å². The summed E-state index contributed by atoms with van der Waals surface area (Å²) in [5.41, 5.74) is 1.62. The first kappa shape index (κ1) is 21.3. The van der Waals surface area contributed by atoms with Crippen molar-refractivity contribution in [3.8, 4) is 5.75 Å². The molecular weight excluding hydrogens is 382 g/mol. The van der Waals surface area contributed by atoms with Crippen LogP contribution in [0, 0.1) is 5.41 Å². The predicted molar refractivity (Wildman–Crippen MR) is 114 cm³/mol. The van der Waals surface area contributed by atoms with Gasteiger partial charge in [0.2, 0.25) is 11.7 Å². The van der Waals surface area contributed by atoms with Crippen LogP contribution in [0.15, 0.2) is 54.1 Å². The molecule has 1 amide bonds. The molecule has 2 aromatic carbocycles. The third-order valence-electron chi connectivity index (χ3n) is 4.66. The lowest BCUT2D eigenvalue weighted by atomic mass is 9.95. The summed E-state index contributed by atoms with van der Waals surface area (Å²) in [5, 5.41) is 2.80. The Kier molecular flexibility index (Phi) is 6.06. The van der Waals surface area contributed by atoms with E-state index in [1.807, 2.05) is 45.0 Å². The van der Waals surface area contributed by atoms with E-state index in [0.717, 1.165) is 5.56 Å². The molecule has 1 aliphatic heterocycles. The standard InChI is InChI=1S/C24H25NO5/c1-15(30-22(27)18-13-17-7-5-6-8-20(17)29-14-18)21(26)16-9-11-19(12-10-16)25-23(28)24(2,3)4/h5-13,15H,14H2,1-4H3,(H,25,28)/t15-/m0/s1. The number of ether oxygens (including phenoxy) is 2. The monoisotopic (exact) mass is 407 g/mol. The summed E-state index contributed by atoms with van der Waals surface area (Å²) in [6, 6.07) is 13.9. The summed E-state index contributed by atoms with van der Waals surface area (Å²) in [4.78, 5) is 37.2. The average Bonchev–Trinajstić information content (AvgIpc) is 2.72. The van der Waals surface area contributed by atoms with Gasteiger partial charge in [0.1, 0.15) is 12.4 Å². The third-order valence-corrected chi connectivity index (χ3v) is 4.66. The minimum Gasteiger partial charge on any atom is -0.488 e. The van der Waals surface area contributed by atoms with Crippen molar-refractivity contribution in [2.24, 2.45) is 5.41 Å². The van der Waals surface area contributed by atoms with Gasteiger partial charge < -0.3 is 14.8 Å². The fourth-order valence-electron chi connectivity index (χ4n) is 2.79. The molecule has 0 aromatic heterocycles. The van der Waals surface area contributed by atoms with Gasteiger partial charge in [-0.15, -0.1) is 0 Å². The highest BCUT2D eigenvalue weighted by molar-refractivity contribution is 6.03. The molecule has 6 nitrogen and oxygen atoms in total. The third kappa shape index (κ3) is 4.95. The van der Waals surface area contributed by atoms with Crippen LogP contribution >= 0.6 is 0 Å². The number of hydrogen-bond acceptors (Lipinski definition) is 5. The first-order valence-corrected chi connectivity index (χ1v) is 9.74. The Labute approximate surface area is 175 Å². The zero-order valence-electron chi connectivity index (χ0n) is 17.5. The zero-order chi connectivity index (χ0) is 21.9. The van der Waals surface area contributed by atoms with E-state index in [2.05, 4.69) is 5.32 Å². The lowest BCUT2D eigenvalue weighted by Crippen LogP contribution is -2.28. The Morgan fingerprint density at radius 1 is 1.03 bits per heavy atom. The van der Waals surface area contributed by atoms with Gasteiger partial charge in [0, 0.05) is 22.2 Å². The molecule has 1 atom stereocenters. The molecule has 0 radical (unpaired) electrons. The molecule has 3 rings (SSSR count). The van der Waals surface area contributed by atoms with E-state index in [-0.39, 0.29) is 18.3 Å². The van der Waals surface area contributed by atoms with Crippen molar-refractivity contribution in [3.63, 3.8) is 0 Å². The molecule has 1 N–H and O–H groups in total. The summed E-state index contributed by atoms with van der Waals surface area (Å²) >= 11 is 0. The fourth-order valence-corrected chi connectivity index (χ4v) is 2.79. The fraction of sp³-hybridized carbons (Fsp3) is 0.292. The lowest BCUT2D eigenvalue weighted by Gasteiger charge is -2.19. The van der Waals surface area contributed by atoms with Crippen molar-refractivity contribution < 1.29 is 23.9 Å². The summed E-state index contributed by atoms with van der Waals surface area (Å²) in [7, 11) is 0. The number of rotatable bonds is 5. The highest BCUT2D eigenvalue weighted by Gasteiger charge is 2.25. The van der Waals surface area contributed by atoms with E-state index in [0.29, 0.717) is 22.6 Å². The number of benzene rings is 2. The second-order valence-electron chi connectivity index (χ2n) is 8.19. The van der Waals surface area contributed by atoms with Crippen LogP contribution in [-0.2, 0) is 14.3 Å². The second-order valence-corrected chi connectivity index (χ2v) is 8.19. The maximum absolute atomic E-state index is 12.6. The van der Waals surface area contributed by atoms with Gasteiger partial charge in [0.05, 0.1) is 5.57 Å². The van der Waals surface area contributed by atoms with E-state index in [9.17, 15) is 14.4 Å². The maximum Gasteiger partial charge on any atom is 0.338 e. The number of carbonyl (C=O) groups is 3. The van der Waals surface area contributed by atoms with E-state index >= 15 is 0 Å². The van der Waals surface area contributed by atoms with Crippen LogP contribution in [-0.4, -0.2) is 30.4 Å². The quantitative estimate of drug-likeness (QED) is 0.592. The van der Waals surface area contributed by atoms with Crippen LogP contribution < -0.4 is 10.1 Å². The van der Waals surface area contributed by atoms with Gasteiger partial charge in [-0.1, -0.05) is 39.0 Å². The van der Waals surface area contributed by atoms with Crippen molar-refractivity contribution in [1.82, 2.24) is 0 Å². The van der Waals surface area contributed by atoms with Crippen LogP contribution in [0.25, 0.3) is 6.08 Å². The molecule has 30 heavy (non-hydrogen) atoms. The number of fused-ring (bicyclic) bond motifs is 1. The Bertz CT molecular complexity index is 999. The van der Waals surface area contributed by atoms with Gasteiger partial charge in [-0.3, -0.25) is 9.59 Å². The normalized spacial score (nSPS) is 13.9. The van der Waals surface area contributed by atoms with Crippen molar-refractivity contribution in [2.45, 2.75) is 33.8 Å². The summed E-state index contributed by atoms with van der Waals surface area (Å²) in [6.45, 7) is 7.09. The van der Waals surface area contributed by atoms with Crippen molar-refractivity contribution in [2.75, 3.05) is 11.9 Å². The van der Waals surface area contributed by atoms with Gasteiger partial charge in [-0.05, 0) is 43.3 Å². The molecule has 0 aliphatic carbocycles. The number of amides is 1. The lowest BCUT2D eigenvalue weighted by molar-refractivity contribution is -0.142. The number of carbonyl (C=O) groups excluding carboxylic acids is 3. The van der Waals surface area contributed by atoms with Gasteiger partial charge in [-0.25, -0.2) is 4.79 Å². The molecule has 1 aliphatic rings. The molecule has 0 bridgehead atoms. The van der Waals surface area contributed by atoms with Crippen molar-refractivity contribution >= 4 is 29.4 Å². The largest absolute Gasteiger partial charge is 0.488 e. The summed E-state index contributed by atoms with van der Waals surface area (Å²) < 4.78 is 10.9. The molecule has 0 fully saturated rings. The SMILES string of the molecule is C[C@H](OC(=O)C1=Cc2ccccc2OC1)C(=O)c1ccc(NC(=O)C(C)(C)C)cc1. The highest BCUT2D eigenvalue weighted by Crippen LogP contribution is 2.26. The van der Waals surface area contributed by atoms with E-state index in [1.54, 1.807) is 30.3 Å². The maximum atomic E-state index is 12.6. The molecule has 0 saturated heterocycles. The number of Topliss-reactive ketones (excluding diaryl/α,β-unsaturated/α-hetero) is 1. The number of nitrogens with one attached hydrogen (secondary N) is 1. The van der Waals surface area contributed by atoms with Gasteiger partial charge >= 0.3 is 5.97 Å². The molecule has 1 heterocycles. The van der Waals surface area contributed by atoms with E-state index < -0.39 is 17.5 Å². The molecule has 6 heteroatoms. The van der Waals surface area contributed by atoms with Crippen LogP contribution in [0.3, 0.4) is 0 Å². The van der Waals surface area contributed by atoms with Gasteiger partial charge in [0.15, 0.2) is 6.10 Å². The summed E-state index contributed by atoms with van der Waals surface area (Å²) in [6.07, 6.45) is 0.760. The Morgan fingerprint density at radius 2 is 1.70 bits per heavy atom.